The molecule has 0 spiro atoms. The zero-order valence-corrected chi connectivity index (χ0v) is 15.7. The number of carbonyl (C=O) groups excluding carboxylic acids is 1. The van der Waals surface area contributed by atoms with E-state index in [0.717, 1.165) is 23.0 Å². The molecule has 150 valence electrons. The molecule has 4 nitrogen and oxygen atoms in total. The van der Waals surface area contributed by atoms with E-state index >= 15 is 0 Å². The Morgan fingerprint density at radius 3 is 2.69 bits per heavy atom. The fourth-order valence-electron chi connectivity index (χ4n) is 3.30. The van der Waals surface area contributed by atoms with Crippen molar-refractivity contribution < 1.29 is 22.4 Å². The van der Waals surface area contributed by atoms with Crippen LogP contribution in [0.5, 0.6) is 0 Å². The number of amides is 1. The standard InChI is InChI=1S/C20H15F4N3OS/c21-12-5-3-4-11(8-12)9-17-26-27-19(29-17)25-18(28)15-10-14(15)13-6-1-2-7-16(13)20(22,23)24/h1-8,14-15H,9-10H2,(H,25,27,28). The highest BCUT2D eigenvalue weighted by Crippen LogP contribution is 2.51. The van der Waals surface area contributed by atoms with Gasteiger partial charge < -0.3 is 5.32 Å². The Kier molecular flexibility index (Phi) is 5.08. The molecule has 2 unspecified atom stereocenters. The van der Waals surface area contributed by atoms with Gasteiger partial charge in [-0.25, -0.2) is 4.39 Å². The molecule has 0 saturated heterocycles. The van der Waals surface area contributed by atoms with E-state index < -0.39 is 23.6 Å². The molecule has 9 heteroatoms. The molecule has 4 rings (SSSR count). The van der Waals surface area contributed by atoms with Crippen molar-refractivity contribution in [3.63, 3.8) is 0 Å². The Morgan fingerprint density at radius 1 is 1.14 bits per heavy atom. The first-order chi connectivity index (χ1) is 13.8. The number of alkyl halides is 3. The van der Waals surface area contributed by atoms with Crippen molar-refractivity contribution in [2.24, 2.45) is 5.92 Å². The zero-order chi connectivity index (χ0) is 20.6. The molecule has 2 aromatic carbocycles. The summed E-state index contributed by atoms with van der Waals surface area (Å²) in [5.41, 5.74) is 0.169. The molecule has 1 N–H and O–H groups in total. The molecule has 1 fully saturated rings. The highest BCUT2D eigenvalue weighted by molar-refractivity contribution is 7.15. The van der Waals surface area contributed by atoms with Gasteiger partial charge in [-0.15, -0.1) is 10.2 Å². The molecule has 0 aliphatic heterocycles. The maximum Gasteiger partial charge on any atom is 0.416 e. The lowest BCUT2D eigenvalue weighted by Gasteiger charge is -2.12. The fourth-order valence-corrected chi connectivity index (χ4v) is 4.08. The van der Waals surface area contributed by atoms with E-state index in [-0.39, 0.29) is 22.4 Å². The van der Waals surface area contributed by atoms with Crippen LogP contribution in [0, 0.1) is 11.7 Å². The summed E-state index contributed by atoms with van der Waals surface area (Å²) in [6, 6.07) is 11.4. The summed E-state index contributed by atoms with van der Waals surface area (Å²) in [7, 11) is 0. The second kappa shape index (κ2) is 7.55. The van der Waals surface area contributed by atoms with Gasteiger partial charge in [-0.3, -0.25) is 4.79 Å². The minimum absolute atomic E-state index is 0.143. The predicted octanol–water partition coefficient (Wildman–Crippen LogP) is 5.03. The van der Waals surface area contributed by atoms with E-state index in [1.165, 1.54) is 24.3 Å². The summed E-state index contributed by atoms with van der Waals surface area (Å²) in [5, 5.41) is 11.4. The van der Waals surface area contributed by atoms with Crippen LogP contribution in [-0.4, -0.2) is 16.1 Å². The predicted molar refractivity (Wildman–Crippen MR) is 100 cm³/mol. The Labute approximate surface area is 167 Å². The third kappa shape index (κ3) is 4.45. The van der Waals surface area contributed by atoms with Gasteiger partial charge in [0.2, 0.25) is 11.0 Å². The van der Waals surface area contributed by atoms with Gasteiger partial charge in [0.05, 0.1) is 5.56 Å². The normalized spacial score (nSPS) is 18.5. The van der Waals surface area contributed by atoms with Crippen molar-refractivity contribution in [1.82, 2.24) is 10.2 Å². The third-order valence-corrected chi connectivity index (χ3v) is 5.57. The second-order valence-corrected chi connectivity index (χ2v) is 7.89. The van der Waals surface area contributed by atoms with Gasteiger partial charge >= 0.3 is 6.18 Å². The van der Waals surface area contributed by atoms with Crippen LogP contribution in [0.1, 0.15) is 34.0 Å². The summed E-state index contributed by atoms with van der Waals surface area (Å²) in [5.74, 6) is -1.72. The van der Waals surface area contributed by atoms with Crippen molar-refractivity contribution in [2.45, 2.75) is 24.9 Å². The molecule has 0 bridgehead atoms. The summed E-state index contributed by atoms with van der Waals surface area (Å²) in [6.45, 7) is 0. The quantitative estimate of drug-likeness (QED) is 0.588. The summed E-state index contributed by atoms with van der Waals surface area (Å²) in [4.78, 5) is 12.4. The third-order valence-electron chi connectivity index (χ3n) is 4.73. The lowest BCUT2D eigenvalue weighted by atomic mass is 10.0. The molecule has 1 aromatic heterocycles. The number of nitrogens with one attached hydrogen (secondary N) is 1. The molecule has 1 amide bonds. The van der Waals surface area contributed by atoms with Crippen LogP contribution in [0.4, 0.5) is 22.7 Å². The summed E-state index contributed by atoms with van der Waals surface area (Å²) < 4.78 is 52.8. The summed E-state index contributed by atoms with van der Waals surface area (Å²) >= 11 is 1.15. The monoisotopic (exact) mass is 421 g/mol. The van der Waals surface area contributed by atoms with Crippen LogP contribution < -0.4 is 5.32 Å². The number of nitrogens with zero attached hydrogens (tertiary/aromatic N) is 2. The molecular weight excluding hydrogens is 406 g/mol. The molecule has 1 saturated carbocycles. The van der Waals surface area contributed by atoms with E-state index in [1.54, 1.807) is 18.2 Å². The average Bonchev–Trinajstić information content (AvgIpc) is 3.36. The SMILES string of the molecule is O=C(Nc1nnc(Cc2cccc(F)c2)s1)C1CC1c1ccccc1C(F)(F)F. The smallest absolute Gasteiger partial charge is 0.300 e. The van der Waals surface area contributed by atoms with Crippen molar-refractivity contribution in [3.05, 3.63) is 76.0 Å². The first-order valence-electron chi connectivity index (χ1n) is 8.85. The molecule has 2 atom stereocenters. The van der Waals surface area contributed by atoms with Crippen LogP contribution in [-0.2, 0) is 17.4 Å². The van der Waals surface area contributed by atoms with Crippen molar-refractivity contribution in [1.29, 1.82) is 0 Å². The number of halogens is 4. The van der Waals surface area contributed by atoms with Gasteiger partial charge in [0, 0.05) is 12.3 Å². The van der Waals surface area contributed by atoms with Crippen LogP contribution in [0.2, 0.25) is 0 Å². The number of hydrogen-bond donors (Lipinski definition) is 1. The number of rotatable bonds is 5. The molecular formula is C20H15F4N3OS. The van der Waals surface area contributed by atoms with E-state index in [9.17, 15) is 22.4 Å². The van der Waals surface area contributed by atoms with Crippen LogP contribution in [0.3, 0.4) is 0 Å². The van der Waals surface area contributed by atoms with Crippen molar-refractivity contribution in [2.75, 3.05) is 5.32 Å². The largest absolute Gasteiger partial charge is 0.416 e. The molecule has 1 aliphatic carbocycles. The highest BCUT2D eigenvalue weighted by Gasteiger charge is 2.48. The fraction of sp³-hybridized carbons (Fsp3) is 0.250. The maximum absolute atomic E-state index is 13.3. The zero-order valence-electron chi connectivity index (χ0n) is 14.9. The Bertz CT molecular complexity index is 1050. The van der Waals surface area contributed by atoms with Gasteiger partial charge in [-0.05, 0) is 41.7 Å². The topological polar surface area (TPSA) is 54.9 Å². The van der Waals surface area contributed by atoms with Gasteiger partial charge in [0.15, 0.2) is 0 Å². The number of hydrogen-bond acceptors (Lipinski definition) is 4. The molecule has 3 aromatic rings. The summed E-state index contributed by atoms with van der Waals surface area (Å²) in [6.07, 6.45) is -3.73. The minimum Gasteiger partial charge on any atom is -0.300 e. The Hall–Kier alpha value is -2.81. The van der Waals surface area contributed by atoms with E-state index in [4.69, 9.17) is 0 Å². The number of carbonyl (C=O) groups is 1. The van der Waals surface area contributed by atoms with Crippen molar-refractivity contribution >= 4 is 22.4 Å². The van der Waals surface area contributed by atoms with Crippen molar-refractivity contribution in [3.8, 4) is 0 Å². The maximum atomic E-state index is 13.3. The van der Waals surface area contributed by atoms with Gasteiger partial charge in [0.1, 0.15) is 10.8 Å². The molecule has 1 aliphatic rings. The molecule has 1 heterocycles. The number of benzene rings is 2. The first-order valence-corrected chi connectivity index (χ1v) is 9.67. The average molecular weight is 421 g/mol. The van der Waals surface area contributed by atoms with Gasteiger partial charge in [-0.1, -0.05) is 41.7 Å². The Morgan fingerprint density at radius 2 is 1.93 bits per heavy atom. The van der Waals surface area contributed by atoms with Crippen LogP contribution >= 0.6 is 11.3 Å². The van der Waals surface area contributed by atoms with Gasteiger partial charge in [-0.2, -0.15) is 13.2 Å². The van der Waals surface area contributed by atoms with Gasteiger partial charge in [0.25, 0.3) is 0 Å². The second-order valence-electron chi connectivity index (χ2n) is 6.83. The lowest BCUT2D eigenvalue weighted by molar-refractivity contribution is -0.138. The number of anilines is 1. The van der Waals surface area contributed by atoms with E-state index in [0.29, 0.717) is 17.8 Å². The van der Waals surface area contributed by atoms with E-state index in [1.807, 2.05) is 0 Å². The Balaban J connectivity index is 1.40. The molecule has 0 radical (unpaired) electrons. The lowest BCUT2D eigenvalue weighted by Crippen LogP contribution is -2.15. The van der Waals surface area contributed by atoms with Crippen LogP contribution in [0.15, 0.2) is 48.5 Å². The minimum atomic E-state index is -4.45. The molecule has 29 heavy (non-hydrogen) atoms. The number of aromatic nitrogens is 2. The van der Waals surface area contributed by atoms with Crippen LogP contribution in [0.25, 0.3) is 0 Å². The van der Waals surface area contributed by atoms with E-state index in [2.05, 4.69) is 15.5 Å². The first kappa shape index (κ1) is 19.5. The highest BCUT2D eigenvalue weighted by atomic mass is 32.1.